The summed E-state index contributed by atoms with van der Waals surface area (Å²) in [5, 5.41) is 6.24. The minimum absolute atomic E-state index is 0.103. The Morgan fingerprint density at radius 1 is 1.16 bits per heavy atom. The van der Waals surface area contributed by atoms with Crippen molar-refractivity contribution >= 4 is 23.5 Å². The average Bonchev–Trinajstić information content (AvgIpc) is 2.77. The highest BCUT2D eigenvalue weighted by Gasteiger charge is 2.47. The van der Waals surface area contributed by atoms with Crippen molar-refractivity contribution in [3.8, 4) is 0 Å². The van der Waals surface area contributed by atoms with E-state index >= 15 is 0 Å². The van der Waals surface area contributed by atoms with Gasteiger partial charge in [0, 0.05) is 18.1 Å². The summed E-state index contributed by atoms with van der Waals surface area (Å²) in [7, 11) is 0. The maximum Gasteiger partial charge on any atom is 0.327 e. The van der Waals surface area contributed by atoms with Crippen LogP contribution in [-0.2, 0) is 16.1 Å². The molecular weight excluding hydrogens is 406 g/mol. The highest BCUT2D eigenvalue weighted by atomic mass is 16.2. The van der Waals surface area contributed by atoms with E-state index in [1.165, 1.54) is 4.90 Å². The van der Waals surface area contributed by atoms with Crippen LogP contribution in [0.2, 0.25) is 0 Å². The van der Waals surface area contributed by atoms with Gasteiger partial charge in [-0.3, -0.25) is 19.5 Å². The maximum absolute atomic E-state index is 13.4. The second kappa shape index (κ2) is 9.08. The highest BCUT2D eigenvalue weighted by Crippen LogP contribution is 2.27. The van der Waals surface area contributed by atoms with Gasteiger partial charge in [0.05, 0.1) is 12.6 Å². The molecule has 168 valence electrons. The smallest absolute Gasteiger partial charge is 0.324 e. The molecule has 0 spiro atoms. The fourth-order valence-corrected chi connectivity index (χ4v) is 4.73. The topological polar surface area (TPSA) is 94.6 Å². The lowest BCUT2D eigenvalue weighted by molar-refractivity contribution is -0.138. The van der Waals surface area contributed by atoms with Gasteiger partial charge in [-0.05, 0) is 69.0 Å². The summed E-state index contributed by atoms with van der Waals surface area (Å²) >= 11 is 0. The number of nitrogens with one attached hydrogen (secondary N) is 2. The Hall–Kier alpha value is -3.26. The molecule has 4 amide bonds. The van der Waals surface area contributed by atoms with Gasteiger partial charge >= 0.3 is 6.03 Å². The van der Waals surface area contributed by atoms with Crippen molar-refractivity contribution in [2.45, 2.75) is 52.2 Å². The predicted octanol–water partition coefficient (Wildman–Crippen LogP) is 2.53. The fourth-order valence-electron chi connectivity index (χ4n) is 4.73. The summed E-state index contributed by atoms with van der Waals surface area (Å²) in [6, 6.07) is 6.34. The van der Waals surface area contributed by atoms with E-state index in [-0.39, 0.29) is 30.9 Å². The summed E-state index contributed by atoms with van der Waals surface area (Å²) < 4.78 is 0. The van der Waals surface area contributed by atoms with E-state index in [0.717, 1.165) is 34.4 Å². The zero-order chi connectivity index (χ0) is 22.8. The maximum atomic E-state index is 13.4. The molecule has 4 rings (SSSR count). The molecule has 0 saturated carbocycles. The Labute approximate surface area is 188 Å². The minimum atomic E-state index is -0.501. The zero-order valence-corrected chi connectivity index (χ0v) is 18.7. The molecule has 2 atom stereocenters. The Bertz CT molecular complexity index is 1020. The number of amides is 4. The number of piperidine rings is 1. The Morgan fingerprint density at radius 2 is 1.84 bits per heavy atom. The number of carbonyl (C=O) groups is 3. The molecule has 8 heteroatoms. The third kappa shape index (κ3) is 4.36. The van der Waals surface area contributed by atoms with Crippen LogP contribution in [0.5, 0.6) is 0 Å². The van der Waals surface area contributed by atoms with Gasteiger partial charge in [0.2, 0.25) is 11.8 Å². The van der Waals surface area contributed by atoms with Crippen molar-refractivity contribution in [3.63, 3.8) is 0 Å². The third-order valence-electron chi connectivity index (χ3n) is 6.18. The number of nitrogens with zero attached hydrogens (tertiary/aromatic N) is 3. The number of hydrogen-bond acceptors (Lipinski definition) is 5. The average molecular weight is 436 g/mol. The number of pyridine rings is 1. The number of carbonyl (C=O) groups excluding carboxylic acids is 3. The van der Waals surface area contributed by atoms with Crippen LogP contribution in [0.4, 0.5) is 10.5 Å². The fraction of sp³-hybridized carbons (Fsp3) is 0.417. The third-order valence-corrected chi connectivity index (χ3v) is 6.18. The van der Waals surface area contributed by atoms with Gasteiger partial charge in [-0.2, -0.15) is 0 Å². The molecule has 3 heterocycles. The van der Waals surface area contributed by atoms with Crippen molar-refractivity contribution in [3.05, 3.63) is 58.9 Å². The Kier molecular flexibility index (Phi) is 6.23. The normalized spacial score (nSPS) is 20.8. The molecule has 2 saturated heterocycles. The van der Waals surface area contributed by atoms with Crippen LogP contribution in [0.15, 0.2) is 36.7 Å². The molecule has 1 aromatic carbocycles. The first-order valence-corrected chi connectivity index (χ1v) is 11.0. The molecule has 8 nitrogen and oxygen atoms in total. The molecular formula is C24H29N5O3. The molecule has 2 fully saturated rings. The summed E-state index contributed by atoms with van der Waals surface area (Å²) in [4.78, 5) is 46.3. The van der Waals surface area contributed by atoms with Crippen molar-refractivity contribution < 1.29 is 14.4 Å². The van der Waals surface area contributed by atoms with Crippen molar-refractivity contribution in [2.24, 2.45) is 0 Å². The van der Waals surface area contributed by atoms with Gasteiger partial charge in [0.15, 0.2) is 0 Å². The van der Waals surface area contributed by atoms with Crippen LogP contribution in [0.1, 0.15) is 35.1 Å². The van der Waals surface area contributed by atoms with Crippen LogP contribution in [0.3, 0.4) is 0 Å². The van der Waals surface area contributed by atoms with E-state index in [1.54, 1.807) is 29.4 Å². The van der Waals surface area contributed by atoms with E-state index in [2.05, 4.69) is 15.6 Å². The number of hydrogen-bond donors (Lipinski definition) is 2. The molecule has 2 unspecified atom stereocenters. The van der Waals surface area contributed by atoms with Crippen LogP contribution in [0.25, 0.3) is 0 Å². The number of anilines is 1. The first-order chi connectivity index (χ1) is 15.3. The first kappa shape index (κ1) is 22.0. The van der Waals surface area contributed by atoms with Crippen molar-refractivity contribution in [2.75, 3.05) is 18.4 Å². The molecule has 2 aliphatic heterocycles. The van der Waals surface area contributed by atoms with Gasteiger partial charge in [-0.1, -0.05) is 17.7 Å². The van der Waals surface area contributed by atoms with Crippen LogP contribution >= 0.6 is 0 Å². The highest BCUT2D eigenvalue weighted by molar-refractivity contribution is 6.03. The SMILES string of the molecule is Cc1cc(C)c(NC(=O)CN2C(=O)N(Cc3ccncc3)C(=O)C3NCCCC32)c(C)c1. The van der Waals surface area contributed by atoms with Crippen LogP contribution in [0, 0.1) is 20.8 Å². The quantitative estimate of drug-likeness (QED) is 0.753. The van der Waals surface area contributed by atoms with Crippen LogP contribution in [-0.4, -0.2) is 57.8 Å². The largest absolute Gasteiger partial charge is 0.327 e. The monoisotopic (exact) mass is 435 g/mol. The number of urea groups is 1. The van der Waals surface area contributed by atoms with E-state index in [9.17, 15) is 14.4 Å². The van der Waals surface area contributed by atoms with E-state index in [0.29, 0.717) is 13.0 Å². The van der Waals surface area contributed by atoms with Gasteiger partial charge in [0.1, 0.15) is 12.6 Å². The van der Waals surface area contributed by atoms with Crippen molar-refractivity contribution in [1.82, 2.24) is 20.1 Å². The molecule has 32 heavy (non-hydrogen) atoms. The predicted molar refractivity (Wildman–Crippen MR) is 121 cm³/mol. The molecule has 1 aromatic heterocycles. The zero-order valence-electron chi connectivity index (χ0n) is 18.7. The van der Waals surface area contributed by atoms with E-state index < -0.39 is 12.1 Å². The van der Waals surface area contributed by atoms with E-state index in [4.69, 9.17) is 0 Å². The number of aromatic nitrogens is 1. The van der Waals surface area contributed by atoms with E-state index in [1.807, 2.05) is 32.9 Å². The first-order valence-electron chi connectivity index (χ1n) is 11.0. The Balaban J connectivity index is 1.56. The summed E-state index contributed by atoms with van der Waals surface area (Å²) in [5.41, 5.74) is 4.67. The minimum Gasteiger partial charge on any atom is -0.324 e. The number of imide groups is 1. The van der Waals surface area contributed by atoms with Gasteiger partial charge in [0.25, 0.3) is 0 Å². The molecule has 2 aromatic rings. The van der Waals surface area contributed by atoms with Gasteiger partial charge in [-0.15, -0.1) is 0 Å². The van der Waals surface area contributed by atoms with Crippen LogP contribution < -0.4 is 10.6 Å². The second-order valence-corrected chi connectivity index (χ2v) is 8.65. The Morgan fingerprint density at radius 3 is 2.53 bits per heavy atom. The molecule has 0 radical (unpaired) electrons. The second-order valence-electron chi connectivity index (χ2n) is 8.65. The number of benzene rings is 1. The number of fused-ring (bicyclic) bond motifs is 1. The van der Waals surface area contributed by atoms with Crippen molar-refractivity contribution in [1.29, 1.82) is 0 Å². The van der Waals surface area contributed by atoms with Gasteiger partial charge in [-0.25, -0.2) is 4.79 Å². The van der Waals surface area contributed by atoms with Gasteiger partial charge < -0.3 is 15.5 Å². The number of aryl methyl sites for hydroxylation is 3. The lowest BCUT2D eigenvalue weighted by atomic mass is 9.93. The molecule has 2 aliphatic rings. The standard InChI is InChI=1S/C24H29N5O3/c1-15-11-16(2)21(17(3)12-15)27-20(30)14-28-19-5-4-8-26-22(19)23(31)29(24(28)32)13-18-6-9-25-10-7-18/h6-7,9-12,19,22,26H,4-5,8,13-14H2,1-3H3,(H,27,30). The summed E-state index contributed by atoms with van der Waals surface area (Å²) in [6.07, 6.45) is 4.80. The molecule has 0 bridgehead atoms. The summed E-state index contributed by atoms with van der Waals surface area (Å²) in [6.45, 7) is 6.69. The lowest BCUT2D eigenvalue weighted by Gasteiger charge is -2.46. The molecule has 2 N–H and O–H groups in total. The number of rotatable bonds is 5. The summed E-state index contributed by atoms with van der Waals surface area (Å²) in [5.74, 6) is -0.505. The lowest BCUT2D eigenvalue weighted by Crippen LogP contribution is -2.70. The molecule has 0 aliphatic carbocycles.